The third-order valence-electron chi connectivity index (χ3n) is 3.51. The molecule has 1 aliphatic rings. The van der Waals surface area contributed by atoms with Crippen LogP contribution in [0.2, 0.25) is 0 Å². The predicted octanol–water partition coefficient (Wildman–Crippen LogP) is 2.33. The van der Waals surface area contributed by atoms with Crippen LogP contribution in [-0.4, -0.2) is 29.8 Å². The second kappa shape index (κ2) is 4.81. The molecule has 2 N–H and O–H groups in total. The van der Waals surface area contributed by atoms with Crippen LogP contribution in [-0.2, 0) is 0 Å². The molecule has 0 saturated carbocycles. The van der Waals surface area contributed by atoms with Crippen LogP contribution in [0, 0.1) is 0 Å². The number of amides is 2. The van der Waals surface area contributed by atoms with Gasteiger partial charge in [0.25, 0.3) is 11.8 Å². The molecule has 0 spiro atoms. The summed E-state index contributed by atoms with van der Waals surface area (Å²) < 4.78 is 0. The van der Waals surface area contributed by atoms with E-state index >= 15 is 0 Å². The first-order valence-corrected chi connectivity index (χ1v) is 6.33. The Labute approximate surface area is 119 Å². The molecule has 2 aromatic carbocycles. The van der Waals surface area contributed by atoms with Crippen molar-refractivity contribution in [3.8, 4) is 0 Å². The number of nitrogens with two attached hydrogens (primary N) is 1. The lowest BCUT2D eigenvalue weighted by atomic mass is 9.93. The van der Waals surface area contributed by atoms with Gasteiger partial charge in [-0.05, 0) is 23.7 Å². The minimum Gasteiger partial charge on any atom is -0.398 e. The van der Waals surface area contributed by atoms with Gasteiger partial charge in [0.1, 0.15) is 0 Å². The number of benzene rings is 2. The molecule has 1 aliphatic heterocycles. The number of carbonyl (C=O) groups excluding carboxylic acids is 2. The first-order chi connectivity index (χ1) is 10.1. The SMILES string of the molecule is [N-]=[N+]=NCCN1C(=O)c2cccc3c(N)ccc(c23)C1=O. The Morgan fingerprint density at radius 1 is 1.14 bits per heavy atom. The van der Waals surface area contributed by atoms with Gasteiger partial charge in [-0.25, -0.2) is 0 Å². The molecular formula is C14H11N5O2. The second-order valence-corrected chi connectivity index (χ2v) is 4.65. The largest absolute Gasteiger partial charge is 0.398 e. The summed E-state index contributed by atoms with van der Waals surface area (Å²) in [5.74, 6) is -0.784. The molecule has 0 bridgehead atoms. The number of carbonyl (C=O) groups is 2. The Balaban J connectivity index is 2.17. The van der Waals surface area contributed by atoms with E-state index < -0.39 is 11.8 Å². The molecule has 2 aromatic rings. The van der Waals surface area contributed by atoms with Crippen molar-refractivity contribution in [3.63, 3.8) is 0 Å². The van der Waals surface area contributed by atoms with E-state index in [0.717, 1.165) is 4.90 Å². The number of anilines is 1. The molecule has 21 heavy (non-hydrogen) atoms. The summed E-state index contributed by atoms with van der Waals surface area (Å²) in [6.07, 6.45) is 0. The zero-order chi connectivity index (χ0) is 15.0. The molecule has 1 heterocycles. The quantitative estimate of drug-likeness (QED) is 0.306. The lowest BCUT2D eigenvalue weighted by Crippen LogP contribution is -2.41. The van der Waals surface area contributed by atoms with Gasteiger partial charge < -0.3 is 5.73 Å². The maximum absolute atomic E-state index is 12.4. The van der Waals surface area contributed by atoms with Crippen LogP contribution in [0.25, 0.3) is 21.2 Å². The lowest BCUT2D eigenvalue weighted by Gasteiger charge is -2.27. The van der Waals surface area contributed by atoms with Gasteiger partial charge in [0.05, 0.1) is 0 Å². The normalized spacial score (nSPS) is 13.4. The molecule has 0 aliphatic carbocycles. The van der Waals surface area contributed by atoms with Crippen molar-refractivity contribution >= 4 is 28.3 Å². The van der Waals surface area contributed by atoms with Crippen LogP contribution in [0.5, 0.6) is 0 Å². The Bertz CT molecular complexity index is 801. The minimum atomic E-state index is -0.392. The van der Waals surface area contributed by atoms with E-state index in [4.69, 9.17) is 11.3 Å². The first kappa shape index (κ1) is 13.0. The molecule has 2 amide bonds. The summed E-state index contributed by atoms with van der Waals surface area (Å²) in [4.78, 5) is 28.6. The topological polar surface area (TPSA) is 112 Å². The van der Waals surface area contributed by atoms with Gasteiger partial charge in [0.2, 0.25) is 0 Å². The Kier molecular flexibility index (Phi) is 2.97. The van der Waals surface area contributed by atoms with E-state index in [9.17, 15) is 9.59 Å². The van der Waals surface area contributed by atoms with Crippen LogP contribution >= 0.6 is 0 Å². The number of nitrogens with zero attached hydrogens (tertiary/aromatic N) is 4. The highest BCUT2D eigenvalue weighted by atomic mass is 16.2. The highest BCUT2D eigenvalue weighted by Gasteiger charge is 2.32. The average molecular weight is 281 g/mol. The van der Waals surface area contributed by atoms with Crippen molar-refractivity contribution in [2.75, 3.05) is 18.8 Å². The van der Waals surface area contributed by atoms with Gasteiger partial charge in [0, 0.05) is 45.6 Å². The van der Waals surface area contributed by atoms with Crippen molar-refractivity contribution in [3.05, 3.63) is 51.9 Å². The van der Waals surface area contributed by atoms with Crippen molar-refractivity contribution in [1.29, 1.82) is 0 Å². The van der Waals surface area contributed by atoms with Gasteiger partial charge in [0.15, 0.2) is 0 Å². The van der Waals surface area contributed by atoms with Crippen LogP contribution in [0.3, 0.4) is 0 Å². The van der Waals surface area contributed by atoms with E-state index in [1.54, 1.807) is 30.3 Å². The summed E-state index contributed by atoms with van der Waals surface area (Å²) in [6.45, 7) is 0.107. The van der Waals surface area contributed by atoms with E-state index in [1.807, 2.05) is 0 Å². The summed E-state index contributed by atoms with van der Waals surface area (Å²) in [5, 5.41) is 4.65. The van der Waals surface area contributed by atoms with E-state index in [2.05, 4.69) is 10.0 Å². The number of hydrogen-bond acceptors (Lipinski definition) is 4. The Morgan fingerprint density at radius 2 is 1.86 bits per heavy atom. The third-order valence-corrected chi connectivity index (χ3v) is 3.51. The highest BCUT2D eigenvalue weighted by Crippen LogP contribution is 2.32. The number of azide groups is 1. The molecule has 0 atom stereocenters. The van der Waals surface area contributed by atoms with Crippen LogP contribution in [0.15, 0.2) is 35.4 Å². The first-order valence-electron chi connectivity index (χ1n) is 6.33. The second-order valence-electron chi connectivity index (χ2n) is 4.65. The fourth-order valence-corrected chi connectivity index (χ4v) is 2.56. The van der Waals surface area contributed by atoms with Crippen LogP contribution < -0.4 is 5.73 Å². The van der Waals surface area contributed by atoms with E-state index in [1.165, 1.54) is 0 Å². The predicted molar refractivity (Wildman–Crippen MR) is 77.7 cm³/mol. The van der Waals surface area contributed by atoms with Crippen molar-refractivity contribution in [2.24, 2.45) is 5.11 Å². The molecule has 0 radical (unpaired) electrons. The van der Waals surface area contributed by atoms with Crippen molar-refractivity contribution in [1.82, 2.24) is 4.90 Å². The lowest BCUT2D eigenvalue weighted by molar-refractivity contribution is 0.0615. The average Bonchev–Trinajstić information content (AvgIpc) is 2.49. The van der Waals surface area contributed by atoms with Gasteiger partial charge >= 0.3 is 0 Å². The third kappa shape index (κ3) is 1.87. The number of nitrogen functional groups attached to an aromatic ring is 1. The molecule has 0 fully saturated rings. The number of imide groups is 1. The van der Waals surface area contributed by atoms with E-state index in [0.29, 0.717) is 27.6 Å². The summed E-state index contributed by atoms with van der Waals surface area (Å²) in [5.41, 5.74) is 15.6. The maximum Gasteiger partial charge on any atom is 0.261 e. The van der Waals surface area contributed by atoms with Gasteiger partial charge in [-0.2, -0.15) is 0 Å². The number of rotatable bonds is 3. The standard InChI is InChI=1S/C14H11N5O2/c15-11-5-4-10-12-8(11)2-1-3-9(12)13(20)19(14(10)21)7-6-17-18-16/h1-5H,6-7,15H2. The molecule has 3 rings (SSSR count). The van der Waals surface area contributed by atoms with Gasteiger partial charge in [-0.15, -0.1) is 0 Å². The zero-order valence-corrected chi connectivity index (χ0v) is 11.0. The molecule has 0 aromatic heterocycles. The van der Waals surface area contributed by atoms with Crippen LogP contribution in [0.4, 0.5) is 5.69 Å². The monoisotopic (exact) mass is 281 g/mol. The molecule has 7 nitrogen and oxygen atoms in total. The molecule has 104 valence electrons. The van der Waals surface area contributed by atoms with Crippen LogP contribution in [0.1, 0.15) is 20.7 Å². The summed E-state index contributed by atoms with van der Waals surface area (Å²) in [6, 6.07) is 8.46. The molecule has 7 heteroatoms. The zero-order valence-electron chi connectivity index (χ0n) is 11.0. The van der Waals surface area contributed by atoms with Crippen molar-refractivity contribution < 1.29 is 9.59 Å². The fourth-order valence-electron chi connectivity index (χ4n) is 2.56. The maximum atomic E-state index is 12.4. The van der Waals surface area contributed by atoms with Crippen molar-refractivity contribution in [2.45, 2.75) is 0 Å². The van der Waals surface area contributed by atoms with E-state index in [-0.39, 0.29) is 13.1 Å². The number of hydrogen-bond donors (Lipinski definition) is 1. The Morgan fingerprint density at radius 3 is 2.57 bits per heavy atom. The minimum absolute atomic E-state index is 0.0499. The fraction of sp³-hybridized carbons (Fsp3) is 0.143. The molecule has 0 unspecified atom stereocenters. The summed E-state index contributed by atoms with van der Waals surface area (Å²) >= 11 is 0. The molecule has 0 saturated heterocycles. The smallest absolute Gasteiger partial charge is 0.261 e. The van der Waals surface area contributed by atoms with Gasteiger partial charge in [-0.1, -0.05) is 17.2 Å². The van der Waals surface area contributed by atoms with Gasteiger partial charge in [-0.3, -0.25) is 14.5 Å². The summed E-state index contributed by atoms with van der Waals surface area (Å²) in [7, 11) is 0. The highest BCUT2D eigenvalue weighted by molar-refractivity contribution is 6.26. The molecular weight excluding hydrogens is 270 g/mol. The Hall–Kier alpha value is -3.05.